The summed E-state index contributed by atoms with van der Waals surface area (Å²) in [6.07, 6.45) is 1.75. The van der Waals surface area contributed by atoms with Gasteiger partial charge in [-0.1, -0.05) is 11.6 Å². The quantitative estimate of drug-likeness (QED) is 0.761. The summed E-state index contributed by atoms with van der Waals surface area (Å²) in [7, 11) is 0. The maximum absolute atomic E-state index is 12.9. The Hall–Kier alpha value is -2.86. The second kappa shape index (κ2) is 6.80. The fourth-order valence-electron chi connectivity index (χ4n) is 3.37. The number of rotatable bonds is 3. The molecule has 2 N–H and O–H groups in total. The number of ether oxygens (including phenoxy) is 1. The Morgan fingerprint density at radius 2 is 2.04 bits per heavy atom. The molecule has 0 bridgehead atoms. The molecule has 1 aliphatic rings. The molecule has 3 heterocycles. The predicted molar refractivity (Wildman–Crippen MR) is 103 cm³/mol. The summed E-state index contributed by atoms with van der Waals surface area (Å²) < 4.78 is 5.41. The van der Waals surface area contributed by atoms with Gasteiger partial charge in [0.15, 0.2) is 5.82 Å². The van der Waals surface area contributed by atoms with Crippen LogP contribution in [0.2, 0.25) is 0 Å². The second-order valence-corrected chi connectivity index (χ2v) is 6.60. The number of pyridine rings is 1. The highest BCUT2D eigenvalue weighted by Gasteiger charge is 2.20. The summed E-state index contributed by atoms with van der Waals surface area (Å²) in [5.74, 6) is 0.632. The van der Waals surface area contributed by atoms with E-state index in [0.717, 1.165) is 35.4 Å². The first-order valence-electron chi connectivity index (χ1n) is 8.81. The van der Waals surface area contributed by atoms with Crippen molar-refractivity contribution in [3.63, 3.8) is 0 Å². The van der Waals surface area contributed by atoms with E-state index < -0.39 is 0 Å². The molecule has 134 valence electrons. The first kappa shape index (κ1) is 16.6. The fourth-order valence-corrected chi connectivity index (χ4v) is 3.37. The van der Waals surface area contributed by atoms with E-state index in [1.807, 2.05) is 31.2 Å². The van der Waals surface area contributed by atoms with Gasteiger partial charge in [-0.15, -0.1) is 0 Å². The number of benzene rings is 1. The molecule has 0 radical (unpaired) electrons. The van der Waals surface area contributed by atoms with Crippen LogP contribution in [0.15, 0.2) is 36.5 Å². The molecule has 1 aromatic carbocycles. The first-order chi connectivity index (χ1) is 12.6. The zero-order chi connectivity index (χ0) is 18.1. The molecule has 2 aromatic heterocycles. The summed E-state index contributed by atoms with van der Waals surface area (Å²) in [4.78, 5) is 22.8. The predicted octanol–water partition coefficient (Wildman–Crippen LogP) is 3.27. The third kappa shape index (κ3) is 3.04. The first-order valence-corrected chi connectivity index (χ1v) is 8.81. The molecule has 26 heavy (non-hydrogen) atoms. The van der Waals surface area contributed by atoms with E-state index in [-0.39, 0.29) is 5.91 Å². The Kier molecular flexibility index (Phi) is 4.34. The largest absolute Gasteiger partial charge is 0.378 e. The summed E-state index contributed by atoms with van der Waals surface area (Å²) in [6, 6.07) is 9.87. The average Bonchev–Trinajstić information content (AvgIpc) is 2.99. The van der Waals surface area contributed by atoms with Gasteiger partial charge in [0.05, 0.1) is 18.9 Å². The maximum Gasteiger partial charge on any atom is 0.272 e. The smallest absolute Gasteiger partial charge is 0.272 e. The number of hydrogen-bond acceptors (Lipinski definition) is 4. The van der Waals surface area contributed by atoms with Gasteiger partial charge in [-0.2, -0.15) is 0 Å². The van der Waals surface area contributed by atoms with Gasteiger partial charge in [0.1, 0.15) is 5.69 Å². The topological polar surface area (TPSA) is 70.2 Å². The van der Waals surface area contributed by atoms with Crippen molar-refractivity contribution in [3.05, 3.63) is 53.3 Å². The van der Waals surface area contributed by atoms with Crippen molar-refractivity contribution in [2.24, 2.45) is 0 Å². The van der Waals surface area contributed by atoms with Gasteiger partial charge < -0.3 is 19.9 Å². The highest BCUT2D eigenvalue weighted by atomic mass is 16.5. The van der Waals surface area contributed by atoms with Crippen LogP contribution >= 0.6 is 0 Å². The van der Waals surface area contributed by atoms with E-state index in [1.54, 1.807) is 6.20 Å². The second-order valence-electron chi connectivity index (χ2n) is 6.60. The van der Waals surface area contributed by atoms with E-state index in [9.17, 15) is 4.79 Å². The van der Waals surface area contributed by atoms with Crippen molar-refractivity contribution in [2.75, 3.05) is 36.5 Å². The van der Waals surface area contributed by atoms with Crippen LogP contribution in [0.4, 0.5) is 11.5 Å². The average molecular weight is 350 g/mol. The minimum Gasteiger partial charge on any atom is -0.378 e. The van der Waals surface area contributed by atoms with Crippen LogP contribution in [0.5, 0.6) is 0 Å². The Labute approximate surface area is 152 Å². The normalized spacial score (nSPS) is 14.6. The number of morpholine rings is 1. The number of carbonyl (C=O) groups is 1. The van der Waals surface area contributed by atoms with Crippen LogP contribution in [0.3, 0.4) is 0 Å². The molecule has 1 aliphatic heterocycles. The lowest BCUT2D eigenvalue weighted by molar-refractivity contribution is 0.102. The van der Waals surface area contributed by atoms with Crippen LogP contribution in [0, 0.1) is 13.8 Å². The lowest BCUT2D eigenvalue weighted by Gasteiger charge is -2.29. The van der Waals surface area contributed by atoms with Crippen LogP contribution < -0.4 is 10.2 Å². The van der Waals surface area contributed by atoms with Crippen molar-refractivity contribution in [1.29, 1.82) is 0 Å². The van der Waals surface area contributed by atoms with Crippen LogP contribution in [0.1, 0.15) is 21.6 Å². The van der Waals surface area contributed by atoms with Crippen molar-refractivity contribution >= 4 is 28.3 Å². The number of hydrogen-bond donors (Lipinski definition) is 2. The molecule has 6 heteroatoms. The van der Waals surface area contributed by atoms with Crippen molar-refractivity contribution in [3.8, 4) is 0 Å². The molecule has 0 unspecified atom stereocenters. The molecular formula is C20H22N4O2. The minimum absolute atomic E-state index is 0.154. The van der Waals surface area contributed by atoms with Gasteiger partial charge in [-0.05, 0) is 43.7 Å². The number of fused-ring (bicyclic) bond motifs is 1. The van der Waals surface area contributed by atoms with Gasteiger partial charge in [0.25, 0.3) is 5.91 Å². The Morgan fingerprint density at radius 1 is 1.23 bits per heavy atom. The maximum atomic E-state index is 12.9. The number of anilines is 2. The Morgan fingerprint density at radius 3 is 2.85 bits per heavy atom. The molecule has 1 fully saturated rings. The molecule has 1 saturated heterocycles. The van der Waals surface area contributed by atoms with Crippen LogP contribution in [0.25, 0.3) is 10.9 Å². The molecule has 4 rings (SSSR count). The molecule has 0 aliphatic carbocycles. The van der Waals surface area contributed by atoms with Crippen molar-refractivity contribution in [2.45, 2.75) is 13.8 Å². The molecule has 0 atom stereocenters. The van der Waals surface area contributed by atoms with Crippen molar-refractivity contribution < 1.29 is 9.53 Å². The molecule has 0 spiro atoms. The highest BCUT2D eigenvalue weighted by Crippen LogP contribution is 2.27. The van der Waals surface area contributed by atoms with Gasteiger partial charge in [0.2, 0.25) is 0 Å². The summed E-state index contributed by atoms with van der Waals surface area (Å²) >= 11 is 0. The number of H-pyrrole nitrogens is 1. The number of nitrogens with one attached hydrogen (secondary N) is 2. The SMILES string of the molecule is Cc1ccc2[nH]c(C(=O)Nc3cccnc3N3CCOCC3)c(C)c2c1. The summed E-state index contributed by atoms with van der Waals surface area (Å²) in [6.45, 7) is 6.90. The van der Waals surface area contributed by atoms with Crippen LogP contribution in [-0.2, 0) is 4.74 Å². The lowest BCUT2D eigenvalue weighted by Crippen LogP contribution is -2.37. The number of aryl methyl sites for hydroxylation is 2. The number of amides is 1. The van der Waals surface area contributed by atoms with Crippen LogP contribution in [-0.4, -0.2) is 42.2 Å². The zero-order valence-electron chi connectivity index (χ0n) is 15.0. The number of nitrogens with zero attached hydrogens (tertiary/aromatic N) is 2. The summed E-state index contributed by atoms with van der Waals surface area (Å²) in [5.41, 5.74) is 4.40. The third-order valence-electron chi connectivity index (χ3n) is 4.79. The Bertz CT molecular complexity index is 958. The van der Waals surface area contributed by atoms with Gasteiger partial charge >= 0.3 is 0 Å². The molecule has 3 aromatic rings. The number of carbonyl (C=O) groups excluding carboxylic acids is 1. The monoisotopic (exact) mass is 350 g/mol. The summed E-state index contributed by atoms with van der Waals surface area (Å²) in [5, 5.41) is 4.10. The van der Waals surface area contributed by atoms with E-state index in [0.29, 0.717) is 24.6 Å². The third-order valence-corrected chi connectivity index (χ3v) is 4.79. The zero-order valence-corrected chi connectivity index (χ0v) is 15.0. The van der Waals surface area contributed by atoms with E-state index in [2.05, 4.69) is 33.2 Å². The van der Waals surface area contributed by atoms with Crippen molar-refractivity contribution in [1.82, 2.24) is 9.97 Å². The lowest BCUT2D eigenvalue weighted by atomic mass is 10.1. The van der Waals surface area contributed by atoms with Gasteiger partial charge in [-0.25, -0.2) is 4.98 Å². The standard InChI is InChI=1S/C20H22N4O2/c1-13-5-6-16-15(12-13)14(2)18(22-16)20(25)23-17-4-3-7-21-19(17)24-8-10-26-11-9-24/h3-7,12,22H,8-11H2,1-2H3,(H,23,25). The van der Waals surface area contributed by atoms with Gasteiger partial charge in [0, 0.05) is 30.2 Å². The van der Waals surface area contributed by atoms with E-state index >= 15 is 0 Å². The number of aromatic nitrogens is 2. The van der Waals surface area contributed by atoms with E-state index in [4.69, 9.17) is 4.74 Å². The molecule has 0 saturated carbocycles. The highest BCUT2D eigenvalue weighted by molar-refractivity contribution is 6.08. The molecule has 6 nitrogen and oxygen atoms in total. The molecular weight excluding hydrogens is 328 g/mol. The molecule has 1 amide bonds. The fraction of sp³-hybridized carbons (Fsp3) is 0.300. The Balaban J connectivity index is 1.64. The minimum atomic E-state index is -0.154. The number of aromatic amines is 1. The van der Waals surface area contributed by atoms with Gasteiger partial charge in [-0.3, -0.25) is 4.79 Å². The van der Waals surface area contributed by atoms with E-state index in [1.165, 1.54) is 5.56 Å².